The Morgan fingerprint density at radius 3 is 2.58 bits per heavy atom. The van der Waals surface area contributed by atoms with Crippen molar-refractivity contribution in [1.82, 2.24) is 9.78 Å². The number of carbonyl (C=O) groups is 2. The lowest BCUT2D eigenvalue weighted by Gasteiger charge is -2.11. The van der Waals surface area contributed by atoms with E-state index in [9.17, 15) is 22.8 Å². The van der Waals surface area contributed by atoms with E-state index in [1.807, 2.05) is 0 Å². The Hall–Kier alpha value is -2.55. The number of anilines is 1. The molecule has 2 N–H and O–H groups in total. The SMILES string of the molecule is O=C(CCn1ccc(C(=O)O)n1)Nc1ccc(Cl)c(C(F)(F)F)c1. The zero-order valence-corrected chi connectivity index (χ0v) is 12.7. The van der Waals surface area contributed by atoms with Gasteiger partial charge >= 0.3 is 12.1 Å². The molecule has 1 aromatic heterocycles. The van der Waals surface area contributed by atoms with E-state index in [2.05, 4.69) is 10.4 Å². The minimum Gasteiger partial charge on any atom is -0.476 e. The van der Waals surface area contributed by atoms with Crippen LogP contribution in [0.15, 0.2) is 30.5 Å². The third-order valence-electron chi connectivity index (χ3n) is 2.98. The van der Waals surface area contributed by atoms with Gasteiger partial charge in [-0.15, -0.1) is 0 Å². The van der Waals surface area contributed by atoms with E-state index >= 15 is 0 Å². The first-order valence-electron chi connectivity index (χ1n) is 6.60. The van der Waals surface area contributed by atoms with Crippen LogP contribution in [0.1, 0.15) is 22.5 Å². The van der Waals surface area contributed by atoms with Crippen LogP contribution in [0.3, 0.4) is 0 Å². The lowest BCUT2D eigenvalue weighted by molar-refractivity contribution is -0.137. The first kappa shape index (κ1) is 17.8. The van der Waals surface area contributed by atoms with Crippen LogP contribution in [0.25, 0.3) is 0 Å². The van der Waals surface area contributed by atoms with Crippen LogP contribution in [-0.4, -0.2) is 26.8 Å². The number of hydrogen-bond acceptors (Lipinski definition) is 3. The van der Waals surface area contributed by atoms with Gasteiger partial charge in [-0.3, -0.25) is 9.48 Å². The molecule has 1 heterocycles. The number of carboxylic acid groups (broad SMARTS) is 1. The quantitative estimate of drug-likeness (QED) is 0.856. The molecule has 2 aromatic rings. The van der Waals surface area contributed by atoms with Crippen molar-refractivity contribution in [3.63, 3.8) is 0 Å². The molecule has 0 aliphatic carbocycles. The summed E-state index contributed by atoms with van der Waals surface area (Å²) in [4.78, 5) is 22.5. The molecule has 0 atom stereocenters. The van der Waals surface area contributed by atoms with Crippen LogP contribution < -0.4 is 5.32 Å². The van der Waals surface area contributed by atoms with Gasteiger partial charge in [-0.05, 0) is 24.3 Å². The normalized spacial score (nSPS) is 11.3. The molecule has 0 saturated carbocycles. The van der Waals surface area contributed by atoms with Gasteiger partial charge < -0.3 is 10.4 Å². The maximum Gasteiger partial charge on any atom is 0.417 e. The van der Waals surface area contributed by atoms with Crippen molar-refractivity contribution in [3.8, 4) is 0 Å². The van der Waals surface area contributed by atoms with Crippen molar-refractivity contribution in [2.45, 2.75) is 19.1 Å². The predicted octanol–water partition coefficient (Wildman–Crippen LogP) is 3.28. The number of halogens is 4. The summed E-state index contributed by atoms with van der Waals surface area (Å²) < 4.78 is 39.5. The topological polar surface area (TPSA) is 84.2 Å². The highest BCUT2D eigenvalue weighted by atomic mass is 35.5. The molecule has 0 bridgehead atoms. The summed E-state index contributed by atoms with van der Waals surface area (Å²) in [7, 11) is 0. The van der Waals surface area contributed by atoms with Crippen LogP contribution in [0.4, 0.5) is 18.9 Å². The standard InChI is InChI=1S/C14H11ClF3N3O3/c15-10-2-1-8(7-9(10)14(16,17)18)19-12(22)4-6-21-5-3-11(20-21)13(23)24/h1-3,5,7H,4,6H2,(H,19,22)(H,23,24). The number of nitrogens with one attached hydrogen (secondary N) is 1. The van der Waals surface area contributed by atoms with E-state index in [0.717, 1.165) is 12.1 Å². The Labute approximate surface area is 138 Å². The number of aryl methyl sites for hydroxylation is 1. The number of nitrogens with zero attached hydrogens (tertiary/aromatic N) is 2. The molecule has 0 unspecified atom stereocenters. The zero-order chi connectivity index (χ0) is 17.9. The van der Waals surface area contributed by atoms with E-state index in [0.29, 0.717) is 0 Å². The predicted molar refractivity (Wildman–Crippen MR) is 78.9 cm³/mol. The largest absolute Gasteiger partial charge is 0.476 e. The Balaban J connectivity index is 1.98. The second kappa shape index (κ2) is 6.91. The monoisotopic (exact) mass is 361 g/mol. The average molecular weight is 362 g/mol. The molecule has 0 saturated heterocycles. The van der Waals surface area contributed by atoms with Crippen LogP contribution in [-0.2, 0) is 17.5 Å². The first-order chi connectivity index (χ1) is 11.2. The number of aromatic carboxylic acids is 1. The zero-order valence-electron chi connectivity index (χ0n) is 12.0. The summed E-state index contributed by atoms with van der Waals surface area (Å²) in [6.45, 7) is 0.0822. The summed E-state index contributed by atoms with van der Waals surface area (Å²) in [5.74, 6) is -1.74. The van der Waals surface area contributed by atoms with E-state index in [1.54, 1.807) is 0 Å². The number of benzene rings is 1. The van der Waals surface area contributed by atoms with Crippen LogP contribution >= 0.6 is 11.6 Å². The molecule has 128 valence electrons. The Morgan fingerprint density at radius 2 is 2.00 bits per heavy atom. The summed E-state index contributed by atoms with van der Waals surface area (Å²) in [6, 6.07) is 4.32. The van der Waals surface area contributed by atoms with Crippen LogP contribution in [0.2, 0.25) is 5.02 Å². The van der Waals surface area contributed by atoms with Gasteiger partial charge in [-0.2, -0.15) is 18.3 Å². The van der Waals surface area contributed by atoms with Crippen molar-refractivity contribution >= 4 is 29.2 Å². The van der Waals surface area contributed by atoms with Crippen molar-refractivity contribution in [2.24, 2.45) is 0 Å². The van der Waals surface area contributed by atoms with Crippen LogP contribution in [0.5, 0.6) is 0 Å². The molecule has 10 heteroatoms. The van der Waals surface area contributed by atoms with Gasteiger partial charge in [0.05, 0.1) is 10.6 Å². The Kier molecular flexibility index (Phi) is 5.13. The lowest BCUT2D eigenvalue weighted by atomic mass is 10.2. The number of carboxylic acids is 1. The van der Waals surface area contributed by atoms with Gasteiger partial charge in [-0.25, -0.2) is 4.79 Å². The molecule has 1 aromatic carbocycles. The van der Waals surface area contributed by atoms with Gasteiger partial charge in [0.15, 0.2) is 5.69 Å². The van der Waals surface area contributed by atoms with Gasteiger partial charge in [0.1, 0.15) is 0 Å². The third-order valence-corrected chi connectivity index (χ3v) is 3.31. The number of aromatic nitrogens is 2. The highest BCUT2D eigenvalue weighted by molar-refractivity contribution is 6.31. The molecular weight excluding hydrogens is 351 g/mol. The fraction of sp³-hybridized carbons (Fsp3) is 0.214. The molecular formula is C14H11ClF3N3O3. The first-order valence-corrected chi connectivity index (χ1v) is 6.98. The van der Waals surface area contributed by atoms with Crippen molar-refractivity contribution < 1.29 is 27.9 Å². The van der Waals surface area contributed by atoms with Gasteiger partial charge in [0.25, 0.3) is 0 Å². The third kappa shape index (κ3) is 4.48. The van der Waals surface area contributed by atoms with E-state index in [-0.39, 0.29) is 24.3 Å². The molecule has 0 fully saturated rings. The van der Waals surface area contributed by atoms with Crippen molar-refractivity contribution in [2.75, 3.05) is 5.32 Å². The molecule has 2 rings (SSSR count). The smallest absolute Gasteiger partial charge is 0.417 e. The number of carbonyl (C=O) groups excluding carboxylic acids is 1. The molecule has 0 spiro atoms. The second-order valence-corrected chi connectivity index (χ2v) is 5.17. The molecule has 0 aliphatic rings. The van der Waals surface area contributed by atoms with E-state index in [1.165, 1.54) is 23.0 Å². The average Bonchev–Trinajstić information content (AvgIpc) is 2.95. The number of rotatable bonds is 5. The summed E-state index contributed by atoms with van der Waals surface area (Å²) in [6.07, 6.45) is -3.33. The second-order valence-electron chi connectivity index (χ2n) is 4.76. The highest BCUT2D eigenvalue weighted by Crippen LogP contribution is 2.36. The summed E-state index contributed by atoms with van der Waals surface area (Å²) in [5, 5.41) is 14.3. The lowest BCUT2D eigenvalue weighted by Crippen LogP contribution is -2.16. The molecule has 1 amide bonds. The molecule has 0 radical (unpaired) electrons. The fourth-order valence-electron chi connectivity index (χ4n) is 1.86. The fourth-order valence-corrected chi connectivity index (χ4v) is 2.08. The number of hydrogen-bond donors (Lipinski definition) is 2. The molecule has 0 aliphatic heterocycles. The van der Waals surface area contributed by atoms with Gasteiger partial charge in [-0.1, -0.05) is 11.6 Å². The maximum atomic E-state index is 12.7. The summed E-state index contributed by atoms with van der Waals surface area (Å²) >= 11 is 5.49. The summed E-state index contributed by atoms with van der Waals surface area (Å²) in [5.41, 5.74) is -1.24. The highest BCUT2D eigenvalue weighted by Gasteiger charge is 2.33. The minimum absolute atomic E-state index is 0.0385. The van der Waals surface area contributed by atoms with Crippen molar-refractivity contribution in [3.05, 3.63) is 46.7 Å². The van der Waals surface area contributed by atoms with E-state index in [4.69, 9.17) is 16.7 Å². The minimum atomic E-state index is -4.62. The van der Waals surface area contributed by atoms with Crippen molar-refractivity contribution in [1.29, 1.82) is 0 Å². The number of alkyl halides is 3. The maximum absolute atomic E-state index is 12.7. The Bertz CT molecular complexity index is 774. The van der Waals surface area contributed by atoms with Gasteiger partial charge in [0.2, 0.25) is 5.91 Å². The molecule has 6 nitrogen and oxygen atoms in total. The molecule has 24 heavy (non-hydrogen) atoms. The van der Waals surface area contributed by atoms with Gasteiger partial charge in [0, 0.05) is 24.8 Å². The van der Waals surface area contributed by atoms with E-state index < -0.39 is 28.6 Å². The Morgan fingerprint density at radius 1 is 1.29 bits per heavy atom. The number of amides is 1. The van der Waals surface area contributed by atoms with Crippen LogP contribution in [0, 0.1) is 0 Å².